The van der Waals surface area contributed by atoms with Gasteiger partial charge in [0.25, 0.3) is 0 Å². The zero-order valence-electron chi connectivity index (χ0n) is 28.9. The molecule has 0 bridgehead atoms. The number of aromatic hydroxyl groups is 1. The average Bonchev–Trinajstić information content (AvgIpc) is 3.36. The molecule has 6 rings (SSSR count). The van der Waals surface area contributed by atoms with Gasteiger partial charge < -0.3 is 19.8 Å². The zero-order valence-corrected chi connectivity index (χ0v) is 29.7. The molecule has 0 aromatic heterocycles. The number of hydrogen-bond donors (Lipinski definition) is 2. The standard InChI is InChI=1S/C39H40N2O4.ClHO4/c1-38(2)28-16-7-9-18-30(28)40(5)33(38)23-21-25-13-11-14-26(36(25)45-32-20-12-15-27(35(32)42)37(43)44)22-24-34-39(3,4)29-17-8-10-19-31(29)41(34)6;2-1(3,4)5/h7-10,12,15-24H,11,13-14H2,1-6H3,(H-,42,43,44);(H,2,3,4,5). The minimum absolute atomic E-state index is 0.125. The second kappa shape index (κ2) is 13.9. The van der Waals surface area contributed by atoms with Gasteiger partial charge in [-0.2, -0.15) is 4.58 Å². The van der Waals surface area contributed by atoms with Crippen molar-refractivity contribution in [1.29, 1.82) is 0 Å². The lowest BCUT2D eigenvalue weighted by Crippen LogP contribution is -2.68. The predicted molar refractivity (Wildman–Crippen MR) is 180 cm³/mol. The van der Waals surface area contributed by atoms with Gasteiger partial charge in [0, 0.05) is 41.6 Å². The maximum atomic E-state index is 11.8. The topological polar surface area (TPSA) is 165 Å². The van der Waals surface area contributed by atoms with Crippen molar-refractivity contribution in [3.05, 3.63) is 130 Å². The smallest absolute Gasteiger partial charge is 0.339 e. The first-order chi connectivity index (χ1) is 23.4. The Kier molecular flexibility index (Phi) is 10.2. The fourth-order valence-corrected chi connectivity index (χ4v) is 7.20. The van der Waals surface area contributed by atoms with Crippen LogP contribution in [0, 0.1) is 10.2 Å². The monoisotopic (exact) mass is 700 g/mol. The van der Waals surface area contributed by atoms with Gasteiger partial charge in [0.2, 0.25) is 5.69 Å². The third kappa shape index (κ3) is 7.26. The van der Waals surface area contributed by atoms with E-state index in [1.165, 1.54) is 40.0 Å². The van der Waals surface area contributed by atoms with Crippen LogP contribution in [0.1, 0.15) is 68.4 Å². The van der Waals surface area contributed by atoms with E-state index in [0.29, 0.717) is 5.76 Å². The maximum absolute atomic E-state index is 11.8. The first kappa shape index (κ1) is 36.6. The summed E-state index contributed by atoms with van der Waals surface area (Å²) in [7, 11) is -0.741. The highest BCUT2D eigenvalue weighted by molar-refractivity contribution is 6.03. The normalized spacial score (nSPS) is 19.5. The SMILES string of the molecule is CN1/C(=C/C=C2\CCCC(/C=C/C3=[N+](C)c4ccccc4C3(C)C)=C2Oc2cccc(C(=O)O)c2O)C(C)(C)c2ccccc21.[O-][Cl+3]([O-])([O-])[O-]. The van der Waals surface area contributed by atoms with Gasteiger partial charge in [0.15, 0.2) is 17.2 Å². The number of nitrogens with zero attached hydrogens (tertiary/aromatic N) is 2. The van der Waals surface area contributed by atoms with Crippen molar-refractivity contribution in [2.75, 3.05) is 19.0 Å². The van der Waals surface area contributed by atoms with E-state index in [-0.39, 0.29) is 27.9 Å². The lowest BCUT2D eigenvalue weighted by atomic mass is 9.81. The van der Waals surface area contributed by atoms with E-state index in [2.05, 4.69) is 124 Å². The number of benzene rings is 3. The Morgan fingerprint density at radius 3 is 2.16 bits per heavy atom. The molecule has 0 fully saturated rings. The van der Waals surface area contributed by atoms with Crippen molar-refractivity contribution < 1.29 is 53.2 Å². The molecule has 3 aromatic carbocycles. The minimum Gasteiger partial charge on any atom is -0.504 e. The number of fused-ring (bicyclic) bond motifs is 2. The highest BCUT2D eigenvalue weighted by Crippen LogP contribution is 2.47. The van der Waals surface area contributed by atoms with Crippen LogP contribution in [0.5, 0.6) is 11.5 Å². The van der Waals surface area contributed by atoms with E-state index in [1.807, 2.05) is 0 Å². The fraction of sp³-hybridized carbons (Fsp3) is 0.282. The van der Waals surface area contributed by atoms with Crippen molar-refractivity contribution in [3.8, 4) is 11.5 Å². The summed E-state index contributed by atoms with van der Waals surface area (Å²) in [6, 6.07) is 21.6. The summed E-state index contributed by atoms with van der Waals surface area (Å²) < 4.78 is 42.7. The number of allylic oxidation sites excluding steroid dienone is 7. The molecule has 50 heavy (non-hydrogen) atoms. The van der Waals surface area contributed by atoms with Gasteiger partial charge >= 0.3 is 5.97 Å². The van der Waals surface area contributed by atoms with Crippen LogP contribution in [0.15, 0.2) is 114 Å². The number of aromatic carboxylic acids is 1. The summed E-state index contributed by atoms with van der Waals surface area (Å²) >= 11 is 0. The molecule has 3 aliphatic rings. The number of anilines is 1. The Morgan fingerprint density at radius 1 is 0.880 bits per heavy atom. The largest absolute Gasteiger partial charge is 0.504 e. The van der Waals surface area contributed by atoms with Crippen LogP contribution in [-0.4, -0.2) is 40.6 Å². The lowest BCUT2D eigenvalue weighted by molar-refractivity contribution is -2.00. The Morgan fingerprint density at radius 2 is 1.52 bits per heavy atom. The fourth-order valence-electron chi connectivity index (χ4n) is 7.20. The van der Waals surface area contributed by atoms with Gasteiger partial charge in [0.05, 0.1) is 5.41 Å². The van der Waals surface area contributed by atoms with E-state index >= 15 is 0 Å². The highest BCUT2D eigenvalue weighted by Gasteiger charge is 2.42. The van der Waals surface area contributed by atoms with Crippen LogP contribution in [0.4, 0.5) is 11.4 Å². The quantitative estimate of drug-likeness (QED) is 0.365. The third-order valence-corrected chi connectivity index (χ3v) is 9.68. The van der Waals surface area contributed by atoms with E-state index in [9.17, 15) is 15.0 Å². The number of phenols is 1. The molecule has 0 saturated carbocycles. The molecule has 0 atom stereocenters. The molecular weight excluding hydrogens is 660 g/mol. The molecule has 1 aliphatic carbocycles. The molecule has 10 nitrogen and oxygen atoms in total. The molecule has 2 aliphatic heterocycles. The number of rotatable bonds is 6. The number of hydrogen-bond acceptors (Lipinski definition) is 8. The van der Waals surface area contributed by atoms with Crippen LogP contribution in [-0.2, 0) is 10.8 Å². The Labute approximate surface area is 294 Å². The lowest BCUT2D eigenvalue weighted by Gasteiger charge is -2.25. The minimum atomic E-state index is -4.94. The van der Waals surface area contributed by atoms with E-state index < -0.39 is 16.2 Å². The number of carboxylic acids is 1. The van der Waals surface area contributed by atoms with Gasteiger partial charge in [-0.3, -0.25) is 0 Å². The molecule has 2 N–H and O–H groups in total. The summed E-state index contributed by atoms with van der Waals surface area (Å²) in [4.78, 5) is 14.0. The zero-order chi connectivity index (χ0) is 36.6. The Balaban J connectivity index is 0.000000908. The molecule has 3 aromatic rings. The number of para-hydroxylation sites is 3. The van der Waals surface area contributed by atoms with Crippen molar-refractivity contribution in [3.63, 3.8) is 0 Å². The second-order valence-electron chi connectivity index (χ2n) is 13.5. The van der Waals surface area contributed by atoms with Crippen LogP contribution in [0.25, 0.3) is 0 Å². The van der Waals surface area contributed by atoms with Crippen molar-refractivity contribution >= 4 is 23.1 Å². The second-order valence-corrected chi connectivity index (χ2v) is 14.3. The number of carboxylic acid groups (broad SMARTS) is 1. The third-order valence-electron chi connectivity index (χ3n) is 9.68. The molecule has 11 heteroatoms. The van der Waals surface area contributed by atoms with E-state index in [1.54, 1.807) is 12.1 Å². The van der Waals surface area contributed by atoms with Gasteiger partial charge in [-0.05, 0) is 80.2 Å². The molecular formula is C39H41ClN2O8. The van der Waals surface area contributed by atoms with Gasteiger partial charge in [-0.1, -0.05) is 62.4 Å². The van der Waals surface area contributed by atoms with Gasteiger partial charge in [0.1, 0.15) is 18.4 Å². The van der Waals surface area contributed by atoms with Crippen molar-refractivity contribution in [2.24, 2.45) is 0 Å². The van der Waals surface area contributed by atoms with E-state index in [4.69, 9.17) is 23.4 Å². The van der Waals surface area contributed by atoms with Gasteiger partial charge in [-0.25, -0.2) is 23.4 Å². The predicted octanol–water partition coefficient (Wildman–Crippen LogP) is 3.65. The van der Waals surface area contributed by atoms with Crippen LogP contribution in [0.2, 0.25) is 0 Å². The van der Waals surface area contributed by atoms with Crippen molar-refractivity contribution in [2.45, 2.75) is 57.8 Å². The summed E-state index contributed by atoms with van der Waals surface area (Å²) in [6.45, 7) is 8.97. The summed E-state index contributed by atoms with van der Waals surface area (Å²) in [5.41, 5.74) is 8.78. The number of likely N-dealkylation sites (N-methyl/N-ethyl adjacent to an activating group) is 1. The molecule has 0 saturated heterocycles. The summed E-state index contributed by atoms with van der Waals surface area (Å²) in [5, 5.41) is 20.5. The molecule has 0 amide bonds. The summed E-state index contributed by atoms with van der Waals surface area (Å²) in [6.07, 6.45) is 11.1. The van der Waals surface area contributed by atoms with Crippen LogP contribution < -0.4 is 28.3 Å². The maximum Gasteiger partial charge on any atom is 0.339 e. The van der Waals surface area contributed by atoms with Crippen LogP contribution in [0.3, 0.4) is 0 Å². The Bertz CT molecular complexity index is 1980. The van der Waals surface area contributed by atoms with Gasteiger partial charge in [-0.15, -0.1) is 10.2 Å². The number of carbonyl (C=O) groups is 1. The van der Waals surface area contributed by atoms with E-state index in [0.717, 1.165) is 30.4 Å². The first-order valence-corrected chi connectivity index (χ1v) is 17.4. The van der Waals surface area contributed by atoms with Crippen LogP contribution >= 0.6 is 0 Å². The summed E-state index contributed by atoms with van der Waals surface area (Å²) in [5.74, 6) is -0.803. The first-order valence-electron chi connectivity index (χ1n) is 16.1. The Hall–Kier alpha value is -4.71. The molecule has 0 radical (unpaired) electrons. The molecule has 2 heterocycles. The average molecular weight is 701 g/mol. The molecule has 262 valence electrons. The number of halogens is 1. The molecule has 0 spiro atoms. The molecule has 0 unspecified atom stereocenters. The highest BCUT2D eigenvalue weighted by atomic mass is 35.7. The number of ether oxygens (including phenoxy) is 1. The van der Waals surface area contributed by atoms with Crippen molar-refractivity contribution in [1.82, 2.24) is 0 Å².